The third-order valence-electron chi connectivity index (χ3n) is 11.0. The summed E-state index contributed by atoms with van der Waals surface area (Å²) in [5.41, 5.74) is 26.3. The lowest BCUT2D eigenvalue weighted by Crippen LogP contribution is -2.17. The molecular formula is C49H41N3O. The molecule has 9 rings (SSSR count). The number of hydrogen-bond donors (Lipinski definition) is 2. The maximum absolute atomic E-state index is 6.58. The molecule has 0 spiro atoms. The van der Waals surface area contributed by atoms with Crippen molar-refractivity contribution in [3.63, 3.8) is 0 Å². The smallest absolute Gasteiger partial charge is 0.142 e. The van der Waals surface area contributed by atoms with E-state index in [-0.39, 0.29) is 5.41 Å². The van der Waals surface area contributed by atoms with Gasteiger partial charge in [0.05, 0.1) is 17.1 Å². The van der Waals surface area contributed by atoms with Crippen LogP contribution in [-0.2, 0) is 18.6 Å². The van der Waals surface area contributed by atoms with Crippen LogP contribution in [-0.4, -0.2) is 0 Å². The minimum Gasteiger partial charge on any atom is -0.487 e. The molecule has 53 heavy (non-hydrogen) atoms. The van der Waals surface area contributed by atoms with Crippen molar-refractivity contribution in [3.8, 4) is 28.0 Å². The number of benzene rings is 8. The second-order valence-corrected chi connectivity index (χ2v) is 14.5. The van der Waals surface area contributed by atoms with Gasteiger partial charge in [-0.05, 0) is 115 Å². The monoisotopic (exact) mass is 687 g/mol. The molecule has 0 atom stereocenters. The molecule has 0 unspecified atom stereocenters. The van der Waals surface area contributed by atoms with E-state index in [0.717, 1.165) is 22.6 Å². The number of nitrogens with zero attached hydrogens (tertiary/aromatic N) is 1. The normalized spacial score (nSPS) is 12.8. The molecule has 4 nitrogen and oxygen atoms in total. The van der Waals surface area contributed by atoms with Crippen molar-refractivity contribution in [3.05, 3.63) is 186 Å². The predicted octanol–water partition coefficient (Wildman–Crippen LogP) is 12.0. The number of para-hydroxylation sites is 5. The van der Waals surface area contributed by atoms with E-state index in [0.29, 0.717) is 24.6 Å². The van der Waals surface area contributed by atoms with Crippen molar-refractivity contribution in [1.82, 2.24) is 0 Å². The van der Waals surface area contributed by atoms with E-state index in [2.05, 4.69) is 134 Å². The highest BCUT2D eigenvalue weighted by atomic mass is 16.5. The van der Waals surface area contributed by atoms with Gasteiger partial charge in [-0.1, -0.05) is 123 Å². The van der Waals surface area contributed by atoms with Crippen molar-refractivity contribution in [2.75, 3.05) is 16.4 Å². The predicted molar refractivity (Wildman–Crippen MR) is 223 cm³/mol. The molecule has 0 bridgehead atoms. The first kappa shape index (κ1) is 32.4. The van der Waals surface area contributed by atoms with E-state index in [1.54, 1.807) is 0 Å². The summed E-state index contributed by atoms with van der Waals surface area (Å²) < 4.78 is 6.53. The molecule has 0 amide bonds. The third-order valence-corrected chi connectivity index (χ3v) is 11.0. The fourth-order valence-electron chi connectivity index (χ4n) is 8.35. The van der Waals surface area contributed by atoms with Gasteiger partial charge in [-0.15, -0.1) is 0 Å². The summed E-state index contributed by atoms with van der Waals surface area (Å²) >= 11 is 0. The minimum absolute atomic E-state index is 0.147. The maximum atomic E-state index is 6.58. The van der Waals surface area contributed by atoms with E-state index in [1.165, 1.54) is 60.5 Å². The van der Waals surface area contributed by atoms with Gasteiger partial charge < -0.3 is 21.1 Å². The highest BCUT2D eigenvalue weighted by Gasteiger charge is 2.36. The summed E-state index contributed by atoms with van der Waals surface area (Å²) in [7, 11) is 0. The Morgan fingerprint density at radius 3 is 2.06 bits per heavy atom. The number of ether oxygens (including phenoxy) is 1. The molecule has 0 saturated carbocycles. The molecule has 4 N–H and O–H groups in total. The van der Waals surface area contributed by atoms with E-state index in [4.69, 9.17) is 16.2 Å². The molecule has 1 aliphatic rings. The lowest BCUT2D eigenvalue weighted by atomic mass is 9.80. The Labute approximate surface area is 310 Å². The fraction of sp³-hybridized carbons (Fsp3) is 0.102. The summed E-state index contributed by atoms with van der Waals surface area (Å²) in [6, 6.07) is 57.8. The Balaban J connectivity index is 1.26. The van der Waals surface area contributed by atoms with Crippen molar-refractivity contribution in [2.45, 2.75) is 32.4 Å². The molecule has 0 saturated heterocycles. The maximum Gasteiger partial charge on any atom is 0.142 e. The average Bonchev–Trinajstić information content (AvgIpc) is 3.41. The Bertz CT molecular complexity index is 2660. The number of fused-ring (bicyclic) bond motifs is 5. The Morgan fingerprint density at radius 2 is 1.25 bits per heavy atom. The van der Waals surface area contributed by atoms with Crippen LogP contribution < -0.4 is 21.1 Å². The first-order valence-corrected chi connectivity index (χ1v) is 18.2. The molecular weight excluding hydrogens is 647 g/mol. The molecule has 0 aliphatic heterocycles. The molecule has 8 aromatic rings. The summed E-state index contributed by atoms with van der Waals surface area (Å²) in [5, 5.41) is 4.76. The summed E-state index contributed by atoms with van der Waals surface area (Å²) in [6.07, 6.45) is 0. The zero-order chi connectivity index (χ0) is 36.1. The first-order valence-electron chi connectivity index (χ1n) is 18.2. The van der Waals surface area contributed by atoms with Gasteiger partial charge in [0.15, 0.2) is 0 Å². The SMILES string of the molecule is CC1(C)c2ccccc2-c2cc3c(COc4ccccc4N)c4ccccc4c(-c4cccc(CN(c5ccccc5)c5ccccc5N)c4)c3cc21. The Hall–Kier alpha value is -6.52. The molecule has 258 valence electrons. The lowest BCUT2D eigenvalue weighted by Gasteiger charge is -2.27. The number of hydrogen-bond acceptors (Lipinski definition) is 4. The van der Waals surface area contributed by atoms with Gasteiger partial charge in [0.2, 0.25) is 0 Å². The number of rotatable bonds is 8. The van der Waals surface area contributed by atoms with E-state index in [1.807, 2.05) is 48.5 Å². The van der Waals surface area contributed by atoms with E-state index in [9.17, 15) is 0 Å². The standard InChI is InChI=1S/C49H41N3O/c1-49(2)42-22-9-8-20-36(42)39-28-38-40(29-43(39)49)48(37-21-7-6-19-35(37)41(38)31-53-47-26-13-11-24-45(47)51)33-16-14-15-32(27-33)30-52(34-17-4-3-5-18-34)46-25-12-10-23-44(46)50/h3-29H,30-31,50-51H2,1-2H3. The Morgan fingerprint density at radius 1 is 0.547 bits per heavy atom. The second kappa shape index (κ2) is 12.9. The van der Waals surface area contributed by atoms with Gasteiger partial charge in [-0.3, -0.25) is 0 Å². The molecule has 4 heteroatoms. The van der Waals surface area contributed by atoms with Gasteiger partial charge in [0, 0.05) is 23.2 Å². The molecule has 8 aromatic carbocycles. The van der Waals surface area contributed by atoms with Crippen LogP contribution in [0.2, 0.25) is 0 Å². The fourth-order valence-corrected chi connectivity index (χ4v) is 8.35. The minimum atomic E-state index is -0.147. The molecule has 0 aromatic heterocycles. The zero-order valence-electron chi connectivity index (χ0n) is 30.0. The van der Waals surface area contributed by atoms with Crippen LogP contribution in [0.25, 0.3) is 43.8 Å². The molecule has 0 fully saturated rings. The average molecular weight is 688 g/mol. The van der Waals surface area contributed by atoms with Crippen LogP contribution in [0.1, 0.15) is 36.1 Å². The zero-order valence-corrected chi connectivity index (χ0v) is 30.0. The number of anilines is 4. The van der Waals surface area contributed by atoms with Crippen LogP contribution in [0.3, 0.4) is 0 Å². The molecule has 0 radical (unpaired) electrons. The largest absolute Gasteiger partial charge is 0.487 e. The Kier molecular flexibility index (Phi) is 7.89. The number of nitrogens with two attached hydrogens (primary N) is 2. The summed E-state index contributed by atoms with van der Waals surface area (Å²) in [5.74, 6) is 0.691. The highest BCUT2D eigenvalue weighted by molar-refractivity contribution is 6.16. The van der Waals surface area contributed by atoms with Crippen molar-refractivity contribution in [2.24, 2.45) is 0 Å². The van der Waals surface area contributed by atoms with Gasteiger partial charge >= 0.3 is 0 Å². The van der Waals surface area contributed by atoms with Gasteiger partial charge in [-0.25, -0.2) is 0 Å². The summed E-state index contributed by atoms with van der Waals surface area (Å²) in [6.45, 7) is 5.74. The van der Waals surface area contributed by atoms with Gasteiger partial charge in [0.1, 0.15) is 12.4 Å². The van der Waals surface area contributed by atoms with Gasteiger partial charge in [0.25, 0.3) is 0 Å². The van der Waals surface area contributed by atoms with Crippen molar-refractivity contribution < 1.29 is 4.74 Å². The molecule has 1 aliphatic carbocycles. The van der Waals surface area contributed by atoms with Crippen LogP contribution in [0.4, 0.5) is 22.7 Å². The first-order chi connectivity index (χ1) is 25.9. The summed E-state index contributed by atoms with van der Waals surface area (Å²) in [4.78, 5) is 2.30. The van der Waals surface area contributed by atoms with Crippen molar-refractivity contribution >= 4 is 44.3 Å². The second-order valence-electron chi connectivity index (χ2n) is 14.5. The quantitative estimate of drug-likeness (QED) is 0.123. The van der Waals surface area contributed by atoms with E-state index < -0.39 is 0 Å². The van der Waals surface area contributed by atoms with Crippen LogP contribution in [0, 0.1) is 0 Å². The van der Waals surface area contributed by atoms with Crippen LogP contribution >= 0.6 is 0 Å². The van der Waals surface area contributed by atoms with E-state index >= 15 is 0 Å². The molecule has 0 heterocycles. The topological polar surface area (TPSA) is 64.5 Å². The van der Waals surface area contributed by atoms with Crippen LogP contribution in [0.15, 0.2) is 164 Å². The van der Waals surface area contributed by atoms with Crippen molar-refractivity contribution in [1.29, 1.82) is 0 Å². The van der Waals surface area contributed by atoms with Gasteiger partial charge in [-0.2, -0.15) is 0 Å². The highest BCUT2D eigenvalue weighted by Crippen LogP contribution is 2.52. The third kappa shape index (κ3) is 5.55. The van der Waals surface area contributed by atoms with Crippen LogP contribution in [0.5, 0.6) is 5.75 Å². The number of nitrogen functional groups attached to an aromatic ring is 2. The lowest BCUT2D eigenvalue weighted by molar-refractivity contribution is 0.311.